The Bertz CT molecular complexity index is 503. The number of aryl methyl sites for hydroxylation is 2. The zero-order valence-corrected chi connectivity index (χ0v) is 11.8. The van der Waals surface area contributed by atoms with Crippen LogP contribution < -0.4 is 10.1 Å². The minimum absolute atomic E-state index is 0.876. The number of hydrogen-bond donors (Lipinski definition) is 1. The van der Waals surface area contributed by atoms with Gasteiger partial charge in [-0.3, -0.25) is 0 Å². The molecule has 1 aromatic heterocycles. The Morgan fingerprint density at radius 3 is 2.83 bits per heavy atom. The second kappa shape index (κ2) is 5.87. The lowest BCUT2D eigenvalue weighted by Crippen LogP contribution is -2.04. The number of nitrogens with zero attached hydrogens (tertiary/aromatic N) is 1. The van der Waals surface area contributed by atoms with E-state index in [4.69, 9.17) is 4.74 Å². The lowest BCUT2D eigenvalue weighted by molar-refractivity contribution is 0.415. The van der Waals surface area contributed by atoms with Gasteiger partial charge in [0.15, 0.2) is 0 Å². The van der Waals surface area contributed by atoms with Crippen molar-refractivity contribution >= 4 is 17.0 Å². The summed E-state index contributed by atoms with van der Waals surface area (Å²) < 4.78 is 5.19. The predicted molar refractivity (Wildman–Crippen MR) is 76.8 cm³/mol. The van der Waals surface area contributed by atoms with E-state index in [2.05, 4.69) is 24.1 Å². The highest BCUT2D eigenvalue weighted by Crippen LogP contribution is 2.18. The number of methoxy groups -OCH3 is 1. The van der Waals surface area contributed by atoms with Gasteiger partial charge >= 0.3 is 0 Å². The summed E-state index contributed by atoms with van der Waals surface area (Å²) in [7, 11) is 1.68. The first-order chi connectivity index (χ1) is 8.69. The van der Waals surface area contributed by atoms with Gasteiger partial charge in [0.25, 0.3) is 0 Å². The molecule has 0 aliphatic rings. The van der Waals surface area contributed by atoms with Crippen LogP contribution >= 0.6 is 11.3 Å². The summed E-state index contributed by atoms with van der Waals surface area (Å²) in [6, 6.07) is 7.97. The largest absolute Gasteiger partial charge is 0.497 e. The number of aromatic nitrogens is 1. The normalized spacial score (nSPS) is 10.4. The van der Waals surface area contributed by atoms with Crippen molar-refractivity contribution in [1.82, 2.24) is 4.98 Å². The average Bonchev–Trinajstić information content (AvgIpc) is 2.69. The molecular weight excluding hydrogens is 244 g/mol. The van der Waals surface area contributed by atoms with E-state index in [9.17, 15) is 0 Å². The third-order valence-corrected chi connectivity index (χ3v) is 3.94. The van der Waals surface area contributed by atoms with Gasteiger partial charge in [0.05, 0.1) is 17.8 Å². The van der Waals surface area contributed by atoms with Crippen LogP contribution in [0.3, 0.4) is 0 Å². The number of hydrogen-bond acceptors (Lipinski definition) is 4. The third-order valence-electron chi connectivity index (χ3n) is 2.81. The van der Waals surface area contributed by atoms with E-state index >= 15 is 0 Å². The molecule has 0 saturated carbocycles. The summed E-state index contributed by atoms with van der Waals surface area (Å²) in [5, 5.41) is 4.58. The molecular formula is C14H18N2OS. The second-order valence-electron chi connectivity index (χ2n) is 4.16. The molecule has 0 spiro atoms. The van der Waals surface area contributed by atoms with Gasteiger partial charge < -0.3 is 10.1 Å². The van der Waals surface area contributed by atoms with E-state index in [0.717, 1.165) is 30.1 Å². The molecule has 96 valence electrons. The third kappa shape index (κ3) is 3.23. The Hall–Kier alpha value is -1.55. The van der Waals surface area contributed by atoms with E-state index in [0.29, 0.717) is 0 Å². The number of nitrogens with one attached hydrogen (secondary N) is 1. The first-order valence-electron chi connectivity index (χ1n) is 6.00. The monoisotopic (exact) mass is 262 g/mol. The topological polar surface area (TPSA) is 34.1 Å². The fraction of sp³-hybridized carbons (Fsp3) is 0.357. The van der Waals surface area contributed by atoms with Gasteiger partial charge in [-0.25, -0.2) is 4.98 Å². The second-order valence-corrected chi connectivity index (χ2v) is 5.45. The molecule has 2 rings (SSSR count). The van der Waals surface area contributed by atoms with Crippen molar-refractivity contribution in [2.75, 3.05) is 19.0 Å². The Morgan fingerprint density at radius 1 is 1.33 bits per heavy atom. The lowest BCUT2D eigenvalue weighted by atomic mass is 10.3. The quantitative estimate of drug-likeness (QED) is 0.896. The smallest absolute Gasteiger partial charge is 0.120 e. The molecule has 0 radical (unpaired) electrons. The molecule has 3 nitrogen and oxygen atoms in total. The molecule has 0 aliphatic heterocycles. The van der Waals surface area contributed by atoms with Gasteiger partial charge in [0.1, 0.15) is 5.75 Å². The fourth-order valence-corrected chi connectivity index (χ4v) is 2.63. The van der Waals surface area contributed by atoms with Crippen molar-refractivity contribution in [3.05, 3.63) is 39.8 Å². The van der Waals surface area contributed by atoms with Crippen LogP contribution in [0.1, 0.15) is 15.6 Å². The van der Waals surface area contributed by atoms with Gasteiger partial charge in [-0.15, -0.1) is 11.3 Å². The predicted octanol–water partition coefficient (Wildman–Crippen LogP) is 3.42. The van der Waals surface area contributed by atoms with Crippen LogP contribution in [-0.2, 0) is 6.42 Å². The maximum absolute atomic E-state index is 5.19. The Morgan fingerprint density at radius 2 is 2.17 bits per heavy atom. The highest BCUT2D eigenvalue weighted by Gasteiger charge is 2.03. The van der Waals surface area contributed by atoms with Gasteiger partial charge in [-0.2, -0.15) is 0 Å². The molecule has 0 saturated heterocycles. The van der Waals surface area contributed by atoms with Gasteiger partial charge in [0, 0.05) is 29.6 Å². The van der Waals surface area contributed by atoms with Crippen LogP contribution in [0.25, 0.3) is 0 Å². The lowest BCUT2D eigenvalue weighted by Gasteiger charge is -2.06. The SMILES string of the molecule is COc1cccc(NCCc2nc(C)c(C)s2)c1. The number of anilines is 1. The number of thiazole rings is 1. The molecule has 1 aromatic carbocycles. The highest BCUT2D eigenvalue weighted by molar-refractivity contribution is 7.11. The summed E-state index contributed by atoms with van der Waals surface area (Å²) in [5.74, 6) is 0.876. The molecule has 1 heterocycles. The summed E-state index contributed by atoms with van der Waals surface area (Å²) in [6.45, 7) is 5.07. The molecule has 0 bridgehead atoms. The molecule has 0 aliphatic carbocycles. The molecule has 2 aromatic rings. The Balaban J connectivity index is 1.88. The Labute approximate surface area is 112 Å². The average molecular weight is 262 g/mol. The van der Waals surface area contributed by atoms with E-state index in [1.165, 1.54) is 9.88 Å². The number of ether oxygens (including phenoxy) is 1. The first-order valence-corrected chi connectivity index (χ1v) is 6.81. The zero-order chi connectivity index (χ0) is 13.0. The van der Waals surface area contributed by atoms with Crippen molar-refractivity contribution < 1.29 is 4.74 Å². The van der Waals surface area contributed by atoms with Crippen molar-refractivity contribution in [2.24, 2.45) is 0 Å². The van der Waals surface area contributed by atoms with Crippen molar-refractivity contribution in [2.45, 2.75) is 20.3 Å². The maximum atomic E-state index is 5.19. The number of benzene rings is 1. The van der Waals surface area contributed by atoms with Gasteiger partial charge in [-0.1, -0.05) is 6.07 Å². The summed E-state index contributed by atoms with van der Waals surface area (Å²) in [5.41, 5.74) is 2.23. The zero-order valence-electron chi connectivity index (χ0n) is 11.0. The first kappa shape index (κ1) is 12.9. The molecule has 1 N–H and O–H groups in total. The van der Waals surface area contributed by atoms with Crippen LogP contribution in [0.4, 0.5) is 5.69 Å². The van der Waals surface area contributed by atoms with Crippen molar-refractivity contribution in [3.63, 3.8) is 0 Å². The molecule has 4 heteroatoms. The maximum Gasteiger partial charge on any atom is 0.120 e. The van der Waals surface area contributed by atoms with E-state index in [-0.39, 0.29) is 0 Å². The van der Waals surface area contributed by atoms with E-state index in [1.807, 2.05) is 24.3 Å². The molecule has 18 heavy (non-hydrogen) atoms. The number of rotatable bonds is 5. The van der Waals surface area contributed by atoms with Gasteiger partial charge in [0.2, 0.25) is 0 Å². The summed E-state index contributed by atoms with van der Waals surface area (Å²) >= 11 is 1.78. The minimum Gasteiger partial charge on any atom is -0.497 e. The Kier molecular flexibility index (Phi) is 4.20. The minimum atomic E-state index is 0.876. The molecule has 0 amide bonds. The van der Waals surface area contributed by atoms with Gasteiger partial charge in [-0.05, 0) is 26.0 Å². The fourth-order valence-electron chi connectivity index (χ4n) is 1.69. The summed E-state index contributed by atoms with van der Waals surface area (Å²) in [4.78, 5) is 5.84. The molecule has 0 atom stereocenters. The summed E-state index contributed by atoms with van der Waals surface area (Å²) in [6.07, 6.45) is 0.955. The van der Waals surface area contributed by atoms with Crippen LogP contribution in [0.5, 0.6) is 5.75 Å². The van der Waals surface area contributed by atoms with Crippen LogP contribution in [0.15, 0.2) is 24.3 Å². The van der Waals surface area contributed by atoms with Crippen molar-refractivity contribution in [1.29, 1.82) is 0 Å². The van der Waals surface area contributed by atoms with Crippen molar-refractivity contribution in [3.8, 4) is 5.75 Å². The highest BCUT2D eigenvalue weighted by atomic mass is 32.1. The van der Waals surface area contributed by atoms with Crippen LogP contribution in [0.2, 0.25) is 0 Å². The molecule has 0 fully saturated rings. The van der Waals surface area contributed by atoms with E-state index in [1.54, 1.807) is 18.4 Å². The van der Waals surface area contributed by atoms with Crippen LogP contribution in [0, 0.1) is 13.8 Å². The molecule has 0 unspecified atom stereocenters. The van der Waals surface area contributed by atoms with E-state index < -0.39 is 0 Å². The standard InChI is InChI=1S/C14H18N2OS/c1-10-11(2)18-14(16-10)7-8-15-12-5-4-6-13(9-12)17-3/h4-6,9,15H,7-8H2,1-3H3. The van der Waals surface area contributed by atoms with Crippen LogP contribution in [-0.4, -0.2) is 18.6 Å².